The number of hydrogen-bond donors (Lipinski definition) is 1. The lowest BCUT2D eigenvalue weighted by Gasteiger charge is -2.13. The number of anilines is 1. The van der Waals surface area contributed by atoms with Gasteiger partial charge in [0.25, 0.3) is 5.91 Å². The number of ether oxygens (including phenoxy) is 1. The molecule has 0 spiro atoms. The maximum atomic E-state index is 14.1. The van der Waals surface area contributed by atoms with Crippen molar-refractivity contribution in [2.45, 2.75) is 12.6 Å². The molecule has 0 fully saturated rings. The Kier molecular flexibility index (Phi) is 5.12. The smallest absolute Gasteiger partial charge is 0.434 e. The molecule has 0 saturated heterocycles. The van der Waals surface area contributed by atoms with E-state index < -0.39 is 34.8 Å². The van der Waals surface area contributed by atoms with E-state index in [1.807, 2.05) is 18.2 Å². The highest BCUT2D eigenvalue weighted by Crippen LogP contribution is 2.35. The summed E-state index contributed by atoms with van der Waals surface area (Å²) in [4.78, 5) is 17.0. The van der Waals surface area contributed by atoms with Crippen LogP contribution in [0.2, 0.25) is 0 Å². The van der Waals surface area contributed by atoms with E-state index in [1.54, 1.807) is 5.38 Å². The highest BCUT2D eigenvalue weighted by Gasteiger charge is 2.41. The summed E-state index contributed by atoms with van der Waals surface area (Å²) in [5.74, 6) is -1.13. The second-order valence-electron chi connectivity index (χ2n) is 7.18. The van der Waals surface area contributed by atoms with Crippen molar-refractivity contribution in [3.05, 3.63) is 76.7 Å². The summed E-state index contributed by atoms with van der Waals surface area (Å²) in [5, 5.41) is 7.84. The Labute approximate surface area is 188 Å². The van der Waals surface area contributed by atoms with Crippen LogP contribution < -0.4 is 10.1 Å². The Morgan fingerprint density at radius 2 is 2.00 bits per heavy atom. The van der Waals surface area contributed by atoms with Gasteiger partial charge in [0.15, 0.2) is 10.8 Å². The van der Waals surface area contributed by atoms with Crippen LogP contribution in [0.25, 0.3) is 16.9 Å². The lowest BCUT2D eigenvalue weighted by molar-refractivity contribution is -0.143. The number of nitrogens with one attached hydrogen (secondary N) is 1. The second kappa shape index (κ2) is 8.00. The molecule has 11 heteroatoms. The summed E-state index contributed by atoms with van der Waals surface area (Å²) < 4.78 is 61.4. The quantitative estimate of drug-likeness (QED) is 0.406. The van der Waals surface area contributed by atoms with Gasteiger partial charge in [-0.1, -0.05) is 12.1 Å². The maximum Gasteiger partial charge on any atom is 0.434 e. The Bertz CT molecular complexity index is 1360. The van der Waals surface area contributed by atoms with Gasteiger partial charge in [-0.3, -0.25) is 10.1 Å². The largest absolute Gasteiger partial charge is 0.493 e. The van der Waals surface area contributed by atoms with Crippen molar-refractivity contribution in [1.29, 1.82) is 0 Å². The van der Waals surface area contributed by atoms with Crippen molar-refractivity contribution < 1.29 is 27.1 Å². The molecule has 0 radical (unpaired) electrons. The monoisotopic (exact) mass is 474 g/mol. The van der Waals surface area contributed by atoms with Crippen molar-refractivity contribution in [2.24, 2.45) is 0 Å². The number of fused-ring (bicyclic) bond motifs is 1. The minimum Gasteiger partial charge on any atom is -0.493 e. The molecule has 0 atom stereocenters. The van der Waals surface area contributed by atoms with E-state index in [0.29, 0.717) is 17.0 Å². The average Bonchev–Trinajstić information content (AvgIpc) is 3.52. The summed E-state index contributed by atoms with van der Waals surface area (Å²) in [6.07, 6.45) is -3.41. The van der Waals surface area contributed by atoms with Crippen LogP contribution in [0, 0.1) is 5.82 Å². The topological polar surface area (TPSA) is 69.0 Å². The first-order valence-corrected chi connectivity index (χ1v) is 10.6. The number of rotatable bonds is 4. The molecule has 1 aliphatic heterocycles. The van der Waals surface area contributed by atoms with Crippen LogP contribution in [0.1, 0.15) is 21.6 Å². The number of halogens is 4. The molecule has 6 nitrogen and oxygen atoms in total. The van der Waals surface area contributed by atoms with Gasteiger partial charge in [-0.2, -0.15) is 18.3 Å². The van der Waals surface area contributed by atoms with Crippen LogP contribution in [-0.2, 0) is 12.6 Å². The van der Waals surface area contributed by atoms with Crippen molar-refractivity contribution >= 4 is 22.4 Å². The summed E-state index contributed by atoms with van der Waals surface area (Å²) in [5.41, 5.74) is -0.109. The number of amides is 1. The van der Waals surface area contributed by atoms with Crippen LogP contribution in [0.3, 0.4) is 0 Å². The minimum atomic E-state index is -4.95. The number of hydrogen-bond acceptors (Lipinski definition) is 5. The molecule has 168 valence electrons. The molecule has 3 heterocycles. The molecule has 4 aromatic rings. The van der Waals surface area contributed by atoms with E-state index in [2.05, 4.69) is 15.4 Å². The van der Waals surface area contributed by atoms with Crippen LogP contribution in [-0.4, -0.2) is 27.3 Å². The van der Waals surface area contributed by atoms with Gasteiger partial charge < -0.3 is 4.74 Å². The number of alkyl halides is 3. The van der Waals surface area contributed by atoms with E-state index in [9.17, 15) is 22.4 Å². The Morgan fingerprint density at radius 3 is 2.79 bits per heavy atom. The van der Waals surface area contributed by atoms with E-state index in [-0.39, 0.29) is 5.13 Å². The molecule has 2 aromatic heterocycles. The van der Waals surface area contributed by atoms with Gasteiger partial charge in [-0.15, -0.1) is 11.3 Å². The molecule has 5 rings (SSSR count). The highest BCUT2D eigenvalue weighted by atomic mass is 32.1. The fourth-order valence-electron chi connectivity index (χ4n) is 3.57. The fourth-order valence-corrected chi connectivity index (χ4v) is 4.28. The zero-order valence-corrected chi connectivity index (χ0v) is 17.5. The lowest BCUT2D eigenvalue weighted by atomic mass is 10.1. The first-order valence-electron chi connectivity index (χ1n) is 9.74. The maximum absolute atomic E-state index is 14.1. The molecular weight excluding hydrogens is 460 g/mol. The first-order chi connectivity index (χ1) is 15.8. The molecule has 33 heavy (non-hydrogen) atoms. The van der Waals surface area contributed by atoms with Crippen molar-refractivity contribution in [3.63, 3.8) is 0 Å². The molecule has 0 unspecified atom stereocenters. The van der Waals surface area contributed by atoms with Crippen LogP contribution in [0.5, 0.6) is 5.75 Å². The van der Waals surface area contributed by atoms with Crippen molar-refractivity contribution in [1.82, 2.24) is 14.8 Å². The van der Waals surface area contributed by atoms with E-state index >= 15 is 0 Å². The van der Waals surface area contributed by atoms with Gasteiger partial charge in [-0.25, -0.2) is 14.1 Å². The first kappa shape index (κ1) is 21.1. The molecule has 0 saturated carbocycles. The lowest BCUT2D eigenvalue weighted by Crippen LogP contribution is -2.21. The third-order valence-corrected chi connectivity index (χ3v) is 5.83. The van der Waals surface area contributed by atoms with Crippen LogP contribution in [0.4, 0.5) is 22.7 Å². The second-order valence-corrected chi connectivity index (χ2v) is 8.04. The van der Waals surface area contributed by atoms with Gasteiger partial charge in [0.1, 0.15) is 17.3 Å². The van der Waals surface area contributed by atoms with E-state index in [1.165, 1.54) is 12.1 Å². The zero-order valence-electron chi connectivity index (χ0n) is 16.7. The summed E-state index contributed by atoms with van der Waals surface area (Å²) in [6.45, 7) is 0.610. The summed E-state index contributed by atoms with van der Waals surface area (Å²) in [6, 6.07) is 10.5. The molecule has 0 bridgehead atoms. The number of benzene rings is 2. The SMILES string of the molecule is O=C(Nc1nc(-c2ccc3c(c2)CCO3)cs1)c1cnn(-c2ccccc2F)c1C(F)(F)F. The summed E-state index contributed by atoms with van der Waals surface area (Å²) in [7, 11) is 0. The number of para-hydroxylation sites is 1. The number of carbonyl (C=O) groups is 1. The predicted molar refractivity (Wildman–Crippen MR) is 113 cm³/mol. The summed E-state index contributed by atoms with van der Waals surface area (Å²) >= 11 is 1.08. The van der Waals surface area contributed by atoms with Gasteiger partial charge >= 0.3 is 6.18 Å². The third kappa shape index (κ3) is 3.95. The van der Waals surface area contributed by atoms with Crippen LogP contribution in [0.15, 0.2) is 54.0 Å². The van der Waals surface area contributed by atoms with E-state index in [0.717, 1.165) is 53.0 Å². The standard InChI is InChI=1S/C22H14F4N4O2S/c23-15-3-1-2-4-17(15)30-19(22(24,25)26)14(10-27-30)20(31)29-21-28-16(11-33-21)12-5-6-18-13(9-12)7-8-32-18/h1-6,9-11H,7-8H2,(H,28,29,31). The molecule has 1 aliphatic rings. The molecule has 2 aromatic carbocycles. The van der Waals surface area contributed by atoms with Gasteiger partial charge in [0.05, 0.1) is 24.1 Å². The predicted octanol–water partition coefficient (Wildman–Crippen LogP) is 5.34. The van der Waals surface area contributed by atoms with Crippen molar-refractivity contribution in [3.8, 4) is 22.7 Å². The van der Waals surface area contributed by atoms with Crippen LogP contribution >= 0.6 is 11.3 Å². The average molecular weight is 474 g/mol. The molecule has 1 N–H and O–H groups in total. The Morgan fingerprint density at radius 1 is 1.18 bits per heavy atom. The minimum absolute atomic E-state index is 0.124. The van der Waals surface area contributed by atoms with Gasteiger partial charge in [-0.05, 0) is 35.9 Å². The zero-order chi connectivity index (χ0) is 23.2. The van der Waals surface area contributed by atoms with E-state index in [4.69, 9.17) is 4.74 Å². The molecular formula is C22H14F4N4O2S. The van der Waals surface area contributed by atoms with Gasteiger partial charge in [0, 0.05) is 17.4 Å². The third-order valence-electron chi connectivity index (χ3n) is 5.07. The number of aromatic nitrogens is 3. The van der Waals surface area contributed by atoms with Crippen molar-refractivity contribution in [2.75, 3.05) is 11.9 Å². The number of carbonyl (C=O) groups excluding carboxylic acids is 1. The normalized spacial score (nSPS) is 13.0. The number of thiazole rings is 1. The fraction of sp³-hybridized carbons (Fsp3) is 0.136. The Hall–Kier alpha value is -3.73. The molecule has 0 aliphatic carbocycles. The highest BCUT2D eigenvalue weighted by molar-refractivity contribution is 7.14. The Balaban J connectivity index is 1.44. The number of nitrogens with zero attached hydrogens (tertiary/aromatic N) is 3. The van der Waals surface area contributed by atoms with Gasteiger partial charge in [0.2, 0.25) is 0 Å². The molecule has 1 amide bonds.